The van der Waals surface area contributed by atoms with Gasteiger partial charge in [-0.15, -0.1) is 0 Å². The third-order valence-electron chi connectivity index (χ3n) is 5.83. The summed E-state index contributed by atoms with van der Waals surface area (Å²) in [4.78, 5) is 2.79. The van der Waals surface area contributed by atoms with E-state index >= 15 is 0 Å². The number of hydrogen-bond donors (Lipinski definition) is 1. The van der Waals surface area contributed by atoms with Gasteiger partial charge in [0.05, 0.1) is 6.61 Å². The van der Waals surface area contributed by atoms with Gasteiger partial charge in [-0.2, -0.15) is 0 Å². The first-order valence-corrected chi connectivity index (χ1v) is 8.71. The Labute approximate surface area is 125 Å². The van der Waals surface area contributed by atoms with Crippen LogP contribution >= 0.6 is 0 Å². The molecule has 0 aromatic carbocycles. The van der Waals surface area contributed by atoms with E-state index in [2.05, 4.69) is 37.9 Å². The van der Waals surface area contributed by atoms with Crippen molar-refractivity contribution >= 4 is 0 Å². The zero-order chi connectivity index (χ0) is 14.6. The lowest BCUT2D eigenvalue weighted by Crippen LogP contribution is -2.65. The van der Waals surface area contributed by atoms with Crippen molar-refractivity contribution in [1.29, 1.82) is 0 Å². The fraction of sp³-hybridized carbons (Fsp3) is 1.00. The quantitative estimate of drug-likeness (QED) is 0.811. The van der Waals surface area contributed by atoms with Crippen LogP contribution in [0.2, 0.25) is 0 Å². The molecule has 2 aliphatic rings. The lowest BCUT2D eigenvalue weighted by atomic mass is 9.84. The van der Waals surface area contributed by atoms with Gasteiger partial charge in [0.2, 0.25) is 0 Å². The molecule has 2 aliphatic heterocycles. The monoisotopic (exact) mass is 282 g/mol. The van der Waals surface area contributed by atoms with Crippen molar-refractivity contribution in [3.05, 3.63) is 0 Å². The maximum absolute atomic E-state index is 5.58. The van der Waals surface area contributed by atoms with Crippen LogP contribution in [0.3, 0.4) is 0 Å². The fourth-order valence-corrected chi connectivity index (χ4v) is 3.83. The number of hydrogen-bond acceptors (Lipinski definition) is 3. The van der Waals surface area contributed by atoms with Crippen molar-refractivity contribution in [3.8, 4) is 0 Å². The zero-order valence-electron chi connectivity index (χ0n) is 14.0. The summed E-state index contributed by atoms with van der Waals surface area (Å²) in [6.07, 6.45) is 4.99. The highest BCUT2D eigenvalue weighted by Gasteiger charge is 2.39. The molecule has 0 spiro atoms. The van der Waals surface area contributed by atoms with Crippen LogP contribution in [0.5, 0.6) is 0 Å². The summed E-state index contributed by atoms with van der Waals surface area (Å²) in [5, 5.41) is 3.88. The van der Waals surface area contributed by atoms with E-state index in [-0.39, 0.29) is 0 Å². The molecule has 20 heavy (non-hydrogen) atoms. The number of rotatable bonds is 6. The van der Waals surface area contributed by atoms with Crippen LogP contribution in [0.1, 0.15) is 53.4 Å². The van der Waals surface area contributed by atoms with E-state index in [0.29, 0.717) is 11.6 Å². The lowest BCUT2D eigenvalue weighted by Gasteiger charge is -2.50. The van der Waals surface area contributed by atoms with Crippen molar-refractivity contribution in [1.82, 2.24) is 10.2 Å². The van der Waals surface area contributed by atoms with Crippen molar-refractivity contribution in [3.63, 3.8) is 0 Å². The minimum atomic E-state index is 0.337. The highest BCUT2D eigenvalue weighted by atomic mass is 16.5. The second kappa shape index (κ2) is 7.24. The third kappa shape index (κ3) is 3.55. The predicted octanol–water partition coefficient (Wildman–Crippen LogP) is 2.90. The summed E-state index contributed by atoms with van der Waals surface area (Å²) in [5.74, 6) is 1.53. The summed E-state index contributed by atoms with van der Waals surface area (Å²) in [6.45, 7) is 14.9. The van der Waals surface area contributed by atoms with Crippen LogP contribution in [0.4, 0.5) is 0 Å². The topological polar surface area (TPSA) is 24.5 Å². The molecule has 0 saturated carbocycles. The summed E-state index contributed by atoms with van der Waals surface area (Å²) < 4.78 is 5.58. The van der Waals surface area contributed by atoms with Gasteiger partial charge in [0.15, 0.2) is 0 Å². The smallest absolute Gasteiger partial charge is 0.0507 e. The number of nitrogens with zero attached hydrogens (tertiary/aromatic N) is 1. The van der Waals surface area contributed by atoms with Gasteiger partial charge in [0, 0.05) is 37.8 Å². The van der Waals surface area contributed by atoms with E-state index in [0.717, 1.165) is 31.6 Å². The molecular formula is C17H34N2O. The molecule has 3 atom stereocenters. The van der Waals surface area contributed by atoms with Crippen molar-refractivity contribution in [2.75, 3.05) is 32.8 Å². The van der Waals surface area contributed by atoms with E-state index in [9.17, 15) is 0 Å². The molecule has 2 fully saturated rings. The van der Waals surface area contributed by atoms with Gasteiger partial charge in [0.25, 0.3) is 0 Å². The van der Waals surface area contributed by atoms with Gasteiger partial charge in [0.1, 0.15) is 0 Å². The summed E-state index contributed by atoms with van der Waals surface area (Å²) >= 11 is 0. The highest BCUT2D eigenvalue weighted by molar-refractivity contribution is 4.98. The molecule has 3 unspecified atom stereocenters. The van der Waals surface area contributed by atoms with Crippen LogP contribution in [0.25, 0.3) is 0 Å². The third-order valence-corrected chi connectivity index (χ3v) is 5.83. The van der Waals surface area contributed by atoms with Gasteiger partial charge in [-0.3, -0.25) is 4.90 Å². The number of ether oxygens (including phenoxy) is 1. The van der Waals surface area contributed by atoms with Crippen LogP contribution < -0.4 is 5.32 Å². The molecule has 0 radical (unpaired) electrons. The maximum atomic E-state index is 5.58. The Bertz CT molecular complexity index is 285. The molecular weight excluding hydrogens is 248 g/mol. The SMILES string of the molecule is CCC(C)C1CNC(CC)(CC)CN1CC1CCOC1. The van der Waals surface area contributed by atoms with Gasteiger partial charge >= 0.3 is 0 Å². The van der Waals surface area contributed by atoms with Crippen LogP contribution in [-0.2, 0) is 4.74 Å². The molecule has 3 nitrogen and oxygen atoms in total. The van der Waals surface area contributed by atoms with E-state index in [1.165, 1.54) is 38.8 Å². The van der Waals surface area contributed by atoms with Gasteiger partial charge < -0.3 is 10.1 Å². The van der Waals surface area contributed by atoms with E-state index in [1.807, 2.05) is 0 Å². The van der Waals surface area contributed by atoms with Gasteiger partial charge in [-0.05, 0) is 31.1 Å². The average Bonchev–Trinajstić information content (AvgIpc) is 2.99. The van der Waals surface area contributed by atoms with Crippen molar-refractivity contribution in [2.45, 2.75) is 65.0 Å². The Kier molecular flexibility index (Phi) is 5.88. The molecule has 0 aromatic heterocycles. The first kappa shape index (κ1) is 16.3. The molecule has 0 bridgehead atoms. The van der Waals surface area contributed by atoms with Crippen LogP contribution in [0, 0.1) is 11.8 Å². The normalized spacial score (nSPS) is 32.4. The van der Waals surface area contributed by atoms with Crippen molar-refractivity contribution in [2.24, 2.45) is 11.8 Å². The van der Waals surface area contributed by atoms with Gasteiger partial charge in [-0.1, -0.05) is 34.1 Å². The second-order valence-corrected chi connectivity index (χ2v) is 6.98. The summed E-state index contributed by atoms with van der Waals surface area (Å²) in [7, 11) is 0. The van der Waals surface area contributed by atoms with Crippen LogP contribution in [0.15, 0.2) is 0 Å². The molecule has 3 heteroatoms. The number of piperazine rings is 1. The van der Waals surface area contributed by atoms with E-state index < -0.39 is 0 Å². The molecule has 2 saturated heterocycles. The fourth-order valence-electron chi connectivity index (χ4n) is 3.83. The second-order valence-electron chi connectivity index (χ2n) is 6.98. The molecule has 2 heterocycles. The summed E-state index contributed by atoms with van der Waals surface area (Å²) in [6, 6.07) is 0.701. The van der Waals surface area contributed by atoms with Crippen LogP contribution in [-0.4, -0.2) is 49.3 Å². The Balaban J connectivity index is 2.05. The molecule has 0 aliphatic carbocycles. The maximum Gasteiger partial charge on any atom is 0.0507 e. The molecule has 2 rings (SSSR count). The Morgan fingerprint density at radius 1 is 1.30 bits per heavy atom. The highest BCUT2D eigenvalue weighted by Crippen LogP contribution is 2.28. The largest absolute Gasteiger partial charge is 0.381 e. The molecule has 1 N–H and O–H groups in total. The van der Waals surface area contributed by atoms with Crippen molar-refractivity contribution < 1.29 is 4.74 Å². The first-order chi connectivity index (χ1) is 9.64. The number of nitrogens with one attached hydrogen (secondary N) is 1. The Morgan fingerprint density at radius 2 is 2.05 bits per heavy atom. The molecule has 0 amide bonds. The minimum Gasteiger partial charge on any atom is -0.381 e. The van der Waals surface area contributed by atoms with E-state index in [1.54, 1.807) is 0 Å². The standard InChI is InChI=1S/C17H34N2O/c1-5-14(4)16-10-18-17(6-2,7-3)13-19(16)11-15-8-9-20-12-15/h14-16,18H,5-13H2,1-4H3. The zero-order valence-corrected chi connectivity index (χ0v) is 14.0. The minimum absolute atomic E-state index is 0.337. The van der Waals surface area contributed by atoms with Gasteiger partial charge in [-0.25, -0.2) is 0 Å². The lowest BCUT2D eigenvalue weighted by molar-refractivity contribution is 0.0321. The summed E-state index contributed by atoms with van der Waals surface area (Å²) in [5.41, 5.74) is 0.337. The Morgan fingerprint density at radius 3 is 2.60 bits per heavy atom. The first-order valence-electron chi connectivity index (χ1n) is 8.71. The van der Waals surface area contributed by atoms with E-state index in [4.69, 9.17) is 4.74 Å². The molecule has 0 aromatic rings. The average molecular weight is 282 g/mol. The predicted molar refractivity (Wildman–Crippen MR) is 85.1 cm³/mol. The molecule has 118 valence electrons. The Hall–Kier alpha value is -0.120.